The van der Waals surface area contributed by atoms with Gasteiger partial charge in [0.2, 0.25) is 5.95 Å². The molecule has 2 heterocycles. The highest BCUT2D eigenvalue weighted by Crippen LogP contribution is 2.41. The van der Waals surface area contributed by atoms with Crippen LogP contribution in [0.25, 0.3) is 11.4 Å². The zero-order valence-electron chi connectivity index (χ0n) is 18.2. The molecule has 1 atom stereocenters. The van der Waals surface area contributed by atoms with Crippen molar-refractivity contribution < 1.29 is 23.4 Å². The van der Waals surface area contributed by atoms with Crippen LogP contribution < -0.4 is 14.8 Å². The van der Waals surface area contributed by atoms with Crippen LogP contribution in [-0.2, 0) is 9.53 Å². The molecule has 0 saturated carbocycles. The number of rotatable bonds is 6. The zero-order chi connectivity index (χ0) is 22.8. The first-order valence-electron chi connectivity index (χ1n) is 10.1. The van der Waals surface area contributed by atoms with Gasteiger partial charge in [0.25, 0.3) is 0 Å². The Morgan fingerprint density at radius 1 is 1.19 bits per heavy atom. The zero-order valence-corrected chi connectivity index (χ0v) is 18.2. The van der Waals surface area contributed by atoms with Gasteiger partial charge in [0.05, 0.1) is 32.0 Å². The Labute approximate surface area is 184 Å². The third kappa shape index (κ3) is 3.66. The van der Waals surface area contributed by atoms with Crippen molar-refractivity contribution in [1.29, 1.82) is 0 Å². The van der Waals surface area contributed by atoms with E-state index in [1.165, 1.54) is 10.7 Å². The van der Waals surface area contributed by atoms with E-state index in [-0.39, 0.29) is 18.0 Å². The van der Waals surface area contributed by atoms with Crippen LogP contribution in [0.15, 0.2) is 53.7 Å². The first kappa shape index (κ1) is 21.4. The van der Waals surface area contributed by atoms with E-state index in [0.29, 0.717) is 34.3 Å². The lowest BCUT2D eigenvalue weighted by Gasteiger charge is -2.29. The maximum Gasteiger partial charge on any atom is 0.338 e. The second kappa shape index (κ2) is 8.70. The lowest BCUT2D eigenvalue weighted by molar-refractivity contribution is -0.139. The van der Waals surface area contributed by atoms with Crippen LogP contribution >= 0.6 is 0 Å². The molecule has 8 nitrogen and oxygen atoms in total. The Hall–Kier alpha value is -3.88. The lowest BCUT2D eigenvalue weighted by atomic mass is 9.94. The molecule has 166 valence electrons. The smallest absolute Gasteiger partial charge is 0.338 e. The molecule has 1 aliphatic heterocycles. The molecule has 0 aliphatic carbocycles. The van der Waals surface area contributed by atoms with Gasteiger partial charge < -0.3 is 19.5 Å². The fourth-order valence-corrected chi connectivity index (χ4v) is 3.72. The highest BCUT2D eigenvalue weighted by atomic mass is 19.1. The van der Waals surface area contributed by atoms with Gasteiger partial charge in [-0.1, -0.05) is 12.1 Å². The van der Waals surface area contributed by atoms with Gasteiger partial charge in [-0.15, -0.1) is 5.10 Å². The van der Waals surface area contributed by atoms with Gasteiger partial charge in [0.1, 0.15) is 23.4 Å². The number of fused-ring (bicyclic) bond motifs is 1. The van der Waals surface area contributed by atoms with Crippen LogP contribution in [-0.4, -0.2) is 41.6 Å². The topological polar surface area (TPSA) is 87.5 Å². The lowest BCUT2D eigenvalue weighted by Crippen LogP contribution is -2.30. The predicted octanol–water partition coefficient (Wildman–Crippen LogP) is 3.95. The Morgan fingerprint density at radius 2 is 1.97 bits per heavy atom. The molecule has 0 spiro atoms. The van der Waals surface area contributed by atoms with Crippen LogP contribution in [0.5, 0.6) is 11.5 Å². The van der Waals surface area contributed by atoms with E-state index >= 15 is 0 Å². The van der Waals surface area contributed by atoms with E-state index in [0.717, 1.165) is 0 Å². The number of hydrogen-bond acceptors (Lipinski definition) is 7. The number of esters is 1. The number of nitrogens with zero attached hydrogens (tertiary/aromatic N) is 3. The summed E-state index contributed by atoms with van der Waals surface area (Å²) in [7, 11) is 3.10. The summed E-state index contributed by atoms with van der Waals surface area (Å²) in [6.45, 7) is 3.71. The summed E-state index contributed by atoms with van der Waals surface area (Å²) in [5.74, 6) is 0.721. The molecule has 4 rings (SSSR count). The normalized spacial score (nSPS) is 15.1. The van der Waals surface area contributed by atoms with Crippen molar-refractivity contribution in [3.63, 3.8) is 0 Å². The molecule has 3 aromatic rings. The monoisotopic (exact) mass is 438 g/mol. The third-order valence-corrected chi connectivity index (χ3v) is 5.19. The molecule has 0 radical (unpaired) electrons. The second-order valence-electron chi connectivity index (χ2n) is 7.08. The summed E-state index contributed by atoms with van der Waals surface area (Å²) >= 11 is 0. The van der Waals surface area contributed by atoms with E-state index in [1.54, 1.807) is 64.5 Å². The number of carbonyl (C=O) groups is 1. The van der Waals surface area contributed by atoms with Crippen LogP contribution in [0.2, 0.25) is 0 Å². The second-order valence-corrected chi connectivity index (χ2v) is 7.08. The molecule has 1 aromatic heterocycles. The molecule has 1 unspecified atom stereocenters. The Kier molecular flexibility index (Phi) is 5.81. The Bertz CT molecular complexity index is 1200. The molecule has 0 fully saturated rings. The number of methoxy groups -OCH3 is 2. The molecule has 1 aliphatic rings. The number of hydrogen-bond donors (Lipinski definition) is 1. The highest BCUT2D eigenvalue weighted by molar-refractivity contribution is 5.92. The third-order valence-electron chi connectivity index (χ3n) is 5.19. The average molecular weight is 438 g/mol. The predicted molar refractivity (Wildman–Crippen MR) is 116 cm³/mol. The van der Waals surface area contributed by atoms with E-state index in [1.807, 2.05) is 0 Å². The summed E-state index contributed by atoms with van der Waals surface area (Å²) in [6.07, 6.45) is 0. The van der Waals surface area contributed by atoms with Gasteiger partial charge in [-0.3, -0.25) is 0 Å². The molecular weight excluding hydrogens is 415 g/mol. The molecule has 2 aromatic carbocycles. The molecule has 0 bridgehead atoms. The summed E-state index contributed by atoms with van der Waals surface area (Å²) in [4.78, 5) is 17.5. The fraction of sp³-hybridized carbons (Fsp3) is 0.261. The van der Waals surface area contributed by atoms with Crippen molar-refractivity contribution in [3.05, 3.63) is 65.1 Å². The molecular formula is C23H23FN4O4. The van der Waals surface area contributed by atoms with Crippen LogP contribution in [0, 0.1) is 5.82 Å². The number of carbonyl (C=O) groups excluding carboxylic acids is 1. The SMILES string of the molecule is CCOC(=O)C1=C(C)Nc2nc(-c3ccccc3F)nn2C1c1cc(OC)ccc1OC. The van der Waals surface area contributed by atoms with Crippen molar-refractivity contribution in [2.45, 2.75) is 19.9 Å². The quantitative estimate of drug-likeness (QED) is 0.583. The van der Waals surface area contributed by atoms with Gasteiger partial charge in [-0.05, 0) is 44.2 Å². The maximum absolute atomic E-state index is 14.4. The van der Waals surface area contributed by atoms with Gasteiger partial charge in [-0.2, -0.15) is 4.98 Å². The number of allylic oxidation sites excluding steroid dienone is 1. The number of benzene rings is 2. The number of ether oxygens (including phenoxy) is 3. The van der Waals surface area contributed by atoms with Crippen molar-refractivity contribution in [2.24, 2.45) is 0 Å². The van der Waals surface area contributed by atoms with Crippen molar-refractivity contribution in [1.82, 2.24) is 14.8 Å². The Balaban J connectivity index is 1.94. The van der Waals surface area contributed by atoms with Gasteiger partial charge in [-0.25, -0.2) is 13.9 Å². The van der Waals surface area contributed by atoms with Crippen LogP contribution in [0.3, 0.4) is 0 Å². The standard InChI is InChI=1S/C23H23FN4O4/c1-5-32-22(29)19-13(2)25-23-26-21(15-8-6-7-9-17(15)24)27-28(23)20(19)16-12-14(30-3)10-11-18(16)31-4/h6-12,20H,5H2,1-4H3,(H,25,26,27). The summed E-state index contributed by atoms with van der Waals surface area (Å²) in [5.41, 5.74) is 1.78. The molecule has 0 amide bonds. The van der Waals surface area contributed by atoms with Crippen molar-refractivity contribution in [3.8, 4) is 22.9 Å². The minimum absolute atomic E-state index is 0.190. The largest absolute Gasteiger partial charge is 0.497 e. The molecule has 0 saturated heterocycles. The van der Waals surface area contributed by atoms with Crippen LogP contribution in [0.1, 0.15) is 25.5 Å². The Morgan fingerprint density at radius 3 is 2.66 bits per heavy atom. The van der Waals surface area contributed by atoms with Crippen molar-refractivity contribution >= 4 is 11.9 Å². The minimum Gasteiger partial charge on any atom is -0.497 e. The number of aromatic nitrogens is 3. The number of halogens is 1. The maximum atomic E-state index is 14.4. The first-order chi connectivity index (χ1) is 15.5. The molecule has 9 heteroatoms. The number of nitrogens with one attached hydrogen (secondary N) is 1. The average Bonchev–Trinajstić information content (AvgIpc) is 3.21. The van der Waals surface area contributed by atoms with E-state index in [4.69, 9.17) is 14.2 Å². The fourth-order valence-electron chi connectivity index (χ4n) is 3.72. The minimum atomic E-state index is -0.733. The van der Waals surface area contributed by atoms with Gasteiger partial charge >= 0.3 is 5.97 Å². The molecule has 32 heavy (non-hydrogen) atoms. The molecule has 1 N–H and O–H groups in total. The van der Waals surface area contributed by atoms with Gasteiger partial charge in [0, 0.05) is 11.3 Å². The summed E-state index contributed by atoms with van der Waals surface area (Å²) in [6, 6.07) is 10.8. The number of anilines is 1. The highest BCUT2D eigenvalue weighted by Gasteiger charge is 2.37. The van der Waals surface area contributed by atoms with Crippen LogP contribution in [0.4, 0.5) is 10.3 Å². The van der Waals surface area contributed by atoms with E-state index in [9.17, 15) is 9.18 Å². The van der Waals surface area contributed by atoms with Crippen molar-refractivity contribution in [2.75, 3.05) is 26.1 Å². The van der Waals surface area contributed by atoms with E-state index < -0.39 is 17.8 Å². The van der Waals surface area contributed by atoms with E-state index in [2.05, 4.69) is 15.4 Å². The summed E-state index contributed by atoms with van der Waals surface area (Å²) < 4.78 is 32.3. The van der Waals surface area contributed by atoms with Gasteiger partial charge in [0.15, 0.2) is 5.82 Å². The summed E-state index contributed by atoms with van der Waals surface area (Å²) in [5, 5.41) is 7.66. The first-order valence-corrected chi connectivity index (χ1v) is 10.1.